The standard InChI is InChI=1S/C18H16N2O5/c1-10(2)7-12-8-11(9-15(21)19-12)18(24)25-20-16(22)13-5-3-4-6-14(13)17(20)23/h3-6,8-10H,7H2,1-2H3,(H,19,21). The number of aromatic amines is 1. The van der Waals surface area contributed by atoms with E-state index in [4.69, 9.17) is 4.84 Å². The van der Waals surface area contributed by atoms with E-state index < -0.39 is 23.3 Å². The number of hydrogen-bond donors (Lipinski definition) is 1. The van der Waals surface area contributed by atoms with Crippen molar-refractivity contribution in [2.75, 3.05) is 0 Å². The van der Waals surface area contributed by atoms with E-state index in [1.54, 1.807) is 12.1 Å². The highest BCUT2D eigenvalue weighted by Gasteiger charge is 2.38. The van der Waals surface area contributed by atoms with Gasteiger partial charge < -0.3 is 9.82 Å². The molecule has 1 aliphatic heterocycles. The molecule has 0 saturated carbocycles. The molecule has 0 bridgehead atoms. The zero-order valence-corrected chi connectivity index (χ0v) is 13.7. The molecule has 1 N–H and O–H groups in total. The Hall–Kier alpha value is -3.22. The summed E-state index contributed by atoms with van der Waals surface area (Å²) in [6.07, 6.45) is 0.573. The van der Waals surface area contributed by atoms with Crippen LogP contribution in [0.4, 0.5) is 0 Å². The summed E-state index contributed by atoms with van der Waals surface area (Å²) in [5, 5.41) is 0.427. The molecule has 0 aliphatic carbocycles. The smallest absolute Gasteiger partial charge is 0.326 e. The van der Waals surface area contributed by atoms with Gasteiger partial charge in [-0.05, 0) is 30.5 Å². The van der Waals surface area contributed by atoms with Crippen LogP contribution in [-0.2, 0) is 11.3 Å². The fourth-order valence-corrected chi connectivity index (χ4v) is 2.65. The van der Waals surface area contributed by atoms with E-state index in [0.717, 1.165) is 6.07 Å². The van der Waals surface area contributed by atoms with Gasteiger partial charge >= 0.3 is 5.97 Å². The first-order chi connectivity index (χ1) is 11.9. The molecule has 25 heavy (non-hydrogen) atoms. The number of fused-ring (bicyclic) bond motifs is 1. The highest BCUT2D eigenvalue weighted by atomic mass is 16.7. The molecule has 2 aromatic rings. The molecule has 128 valence electrons. The van der Waals surface area contributed by atoms with Gasteiger partial charge in [0.2, 0.25) is 5.56 Å². The predicted octanol–water partition coefficient (Wildman–Crippen LogP) is 1.94. The van der Waals surface area contributed by atoms with Gasteiger partial charge in [-0.3, -0.25) is 14.4 Å². The second-order valence-electron chi connectivity index (χ2n) is 6.19. The first-order valence-electron chi connectivity index (χ1n) is 7.80. The average molecular weight is 340 g/mol. The predicted molar refractivity (Wildman–Crippen MR) is 88.0 cm³/mol. The lowest BCUT2D eigenvalue weighted by Gasteiger charge is -2.13. The molecule has 0 spiro atoms. The maximum atomic E-state index is 12.3. The van der Waals surface area contributed by atoms with Crippen molar-refractivity contribution in [2.45, 2.75) is 20.3 Å². The first kappa shape index (κ1) is 16.6. The van der Waals surface area contributed by atoms with Gasteiger partial charge in [0, 0.05) is 11.8 Å². The molecule has 1 aromatic heterocycles. The van der Waals surface area contributed by atoms with Gasteiger partial charge in [-0.2, -0.15) is 0 Å². The maximum absolute atomic E-state index is 12.3. The summed E-state index contributed by atoms with van der Waals surface area (Å²) < 4.78 is 0. The quantitative estimate of drug-likeness (QED) is 0.858. The monoisotopic (exact) mass is 340 g/mol. The number of pyridine rings is 1. The van der Waals surface area contributed by atoms with E-state index >= 15 is 0 Å². The van der Waals surface area contributed by atoms with E-state index in [1.165, 1.54) is 18.2 Å². The van der Waals surface area contributed by atoms with Crippen molar-refractivity contribution in [1.82, 2.24) is 10.0 Å². The number of amides is 2. The minimum absolute atomic E-state index is 0.0176. The first-order valence-corrected chi connectivity index (χ1v) is 7.80. The van der Waals surface area contributed by atoms with Gasteiger partial charge in [0.25, 0.3) is 11.8 Å². The summed E-state index contributed by atoms with van der Waals surface area (Å²) in [4.78, 5) is 56.1. The lowest BCUT2D eigenvalue weighted by atomic mass is 10.1. The number of H-pyrrole nitrogens is 1. The number of rotatable bonds is 4. The Morgan fingerprint density at radius 1 is 1.08 bits per heavy atom. The molecule has 0 radical (unpaired) electrons. The molecular weight excluding hydrogens is 324 g/mol. The maximum Gasteiger partial charge on any atom is 0.364 e. The molecule has 2 heterocycles. The Kier molecular flexibility index (Phi) is 4.22. The van der Waals surface area contributed by atoms with Crippen LogP contribution in [-0.4, -0.2) is 27.8 Å². The van der Waals surface area contributed by atoms with E-state index in [2.05, 4.69) is 4.98 Å². The molecule has 1 aromatic carbocycles. The molecule has 0 fully saturated rings. The molecule has 1 aliphatic rings. The van der Waals surface area contributed by atoms with Crippen molar-refractivity contribution in [3.63, 3.8) is 0 Å². The SMILES string of the molecule is CC(C)Cc1cc(C(=O)ON2C(=O)c3ccccc3C2=O)cc(=O)[nH]1. The Labute approximate surface area is 143 Å². The zero-order chi connectivity index (χ0) is 18.1. The second-order valence-corrected chi connectivity index (χ2v) is 6.19. The number of benzene rings is 1. The van der Waals surface area contributed by atoms with Gasteiger partial charge in [-0.15, -0.1) is 0 Å². The van der Waals surface area contributed by atoms with Gasteiger partial charge in [-0.25, -0.2) is 4.79 Å². The summed E-state index contributed by atoms with van der Waals surface area (Å²) in [5.74, 6) is -2.08. The second kappa shape index (κ2) is 6.35. The summed E-state index contributed by atoms with van der Waals surface area (Å²) in [6, 6.07) is 8.76. The van der Waals surface area contributed by atoms with E-state index in [0.29, 0.717) is 17.2 Å². The minimum atomic E-state index is -0.939. The molecule has 0 atom stereocenters. The van der Waals surface area contributed by atoms with Crippen LogP contribution >= 0.6 is 0 Å². The van der Waals surface area contributed by atoms with Gasteiger partial charge in [0.05, 0.1) is 16.7 Å². The van der Waals surface area contributed by atoms with Crippen LogP contribution in [0.15, 0.2) is 41.2 Å². The Balaban J connectivity index is 1.84. The van der Waals surface area contributed by atoms with Crippen LogP contribution in [0.5, 0.6) is 0 Å². The normalized spacial score (nSPS) is 13.3. The van der Waals surface area contributed by atoms with Crippen molar-refractivity contribution in [1.29, 1.82) is 0 Å². The third-order valence-electron chi connectivity index (χ3n) is 3.69. The van der Waals surface area contributed by atoms with Crippen LogP contribution in [0, 0.1) is 5.92 Å². The third kappa shape index (κ3) is 3.21. The highest BCUT2D eigenvalue weighted by Crippen LogP contribution is 2.23. The van der Waals surface area contributed by atoms with Crippen LogP contribution in [0.1, 0.15) is 50.6 Å². The number of hydroxylamine groups is 2. The van der Waals surface area contributed by atoms with Crippen LogP contribution < -0.4 is 5.56 Å². The average Bonchev–Trinajstić information content (AvgIpc) is 2.79. The molecule has 0 unspecified atom stereocenters. The Bertz CT molecular complexity index is 894. The van der Waals surface area contributed by atoms with Crippen molar-refractivity contribution in [3.05, 3.63) is 69.1 Å². The molecule has 3 rings (SSSR count). The zero-order valence-electron chi connectivity index (χ0n) is 13.7. The van der Waals surface area contributed by atoms with E-state index in [1.807, 2.05) is 13.8 Å². The van der Waals surface area contributed by atoms with Crippen molar-refractivity contribution >= 4 is 17.8 Å². The molecule has 7 heteroatoms. The number of nitrogens with zero attached hydrogens (tertiary/aromatic N) is 1. The Morgan fingerprint density at radius 2 is 1.68 bits per heavy atom. The van der Waals surface area contributed by atoms with Gasteiger partial charge in [0.1, 0.15) is 0 Å². The Morgan fingerprint density at radius 3 is 2.24 bits per heavy atom. The van der Waals surface area contributed by atoms with E-state index in [-0.39, 0.29) is 22.6 Å². The molecule has 0 saturated heterocycles. The summed E-state index contributed by atoms with van der Waals surface area (Å²) in [5.41, 5.74) is 0.457. The van der Waals surface area contributed by atoms with Crippen LogP contribution in [0.3, 0.4) is 0 Å². The van der Waals surface area contributed by atoms with E-state index in [9.17, 15) is 19.2 Å². The number of hydrogen-bond acceptors (Lipinski definition) is 5. The van der Waals surface area contributed by atoms with Crippen molar-refractivity contribution in [3.8, 4) is 0 Å². The number of aromatic nitrogens is 1. The number of carbonyl (C=O) groups excluding carboxylic acids is 3. The summed E-state index contributed by atoms with van der Waals surface area (Å²) in [6.45, 7) is 3.95. The highest BCUT2D eigenvalue weighted by molar-refractivity contribution is 6.21. The number of nitrogens with one attached hydrogen (secondary N) is 1. The minimum Gasteiger partial charge on any atom is -0.326 e. The van der Waals surface area contributed by atoms with Crippen LogP contribution in [0.2, 0.25) is 0 Å². The summed E-state index contributed by atoms with van der Waals surface area (Å²) in [7, 11) is 0. The molecule has 2 amide bonds. The largest absolute Gasteiger partial charge is 0.364 e. The molecule has 7 nitrogen and oxygen atoms in total. The van der Waals surface area contributed by atoms with Crippen molar-refractivity contribution < 1.29 is 19.2 Å². The fourth-order valence-electron chi connectivity index (χ4n) is 2.65. The fraction of sp³-hybridized carbons (Fsp3) is 0.222. The van der Waals surface area contributed by atoms with Gasteiger partial charge in [0.15, 0.2) is 0 Å². The van der Waals surface area contributed by atoms with Crippen molar-refractivity contribution in [2.24, 2.45) is 5.92 Å². The third-order valence-corrected chi connectivity index (χ3v) is 3.69. The lowest BCUT2D eigenvalue weighted by molar-refractivity contribution is -0.0584. The molecular formula is C18H16N2O5. The topological polar surface area (TPSA) is 96.5 Å². The lowest BCUT2D eigenvalue weighted by Crippen LogP contribution is -2.33. The summed E-state index contributed by atoms with van der Waals surface area (Å²) >= 11 is 0. The van der Waals surface area contributed by atoms with Crippen LogP contribution in [0.25, 0.3) is 0 Å². The van der Waals surface area contributed by atoms with Gasteiger partial charge in [-0.1, -0.05) is 31.0 Å². The number of imide groups is 1. The number of carbonyl (C=O) groups is 3.